The normalized spacial score (nSPS) is 14.4. The predicted molar refractivity (Wildman–Crippen MR) is 81.3 cm³/mol. The molecule has 6 heteroatoms. The van der Waals surface area contributed by atoms with Crippen LogP contribution in [0.4, 0.5) is 0 Å². The van der Waals surface area contributed by atoms with Crippen LogP contribution in [-0.2, 0) is 10.8 Å². The van der Waals surface area contributed by atoms with E-state index in [4.69, 9.17) is 28.3 Å². The third-order valence-corrected chi connectivity index (χ3v) is 5.90. The minimum absolute atomic E-state index is 0.191. The maximum atomic E-state index is 12.0. The quantitative estimate of drug-likeness (QED) is 0.779. The van der Waals surface area contributed by atoms with Crippen LogP contribution >= 0.6 is 35.0 Å². The molecule has 0 bridgehead atoms. The highest BCUT2D eigenvalue weighted by Gasteiger charge is 2.09. The predicted octanol–water partition coefficient (Wildman–Crippen LogP) is 3.46. The van der Waals surface area contributed by atoms with Crippen molar-refractivity contribution in [2.45, 2.75) is 11.8 Å². The van der Waals surface area contributed by atoms with Crippen LogP contribution in [0.25, 0.3) is 0 Å². The van der Waals surface area contributed by atoms with E-state index in [-0.39, 0.29) is 12.5 Å². The molecular weight excluding hydrogens is 311 g/mol. The van der Waals surface area contributed by atoms with Crippen molar-refractivity contribution in [3.8, 4) is 0 Å². The number of hydrogen-bond acceptors (Lipinski definition) is 3. The fraction of sp³-hybridized carbons (Fsp3) is 0.500. The van der Waals surface area contributed by atoms with Crippen LogP contribution in [0.1, 0.15) is 6.92 Å². The van der Waals surface area contributed by atoms with Crippen molar-refractivity contribution in [3.05, 3.63) is 28.2 Å². The van der Waals surface area contributed by atoms with Gasteiger partial charge in [0.05, 0.1) is 20.7 Å². The maximum Gasteiger partial charge on any atom is 0.0589 e. The summed E-state index contributed by atoms with van der Waals surface area (Å²) in [7, 11) is -1.12. The van der Waals surface area contributed by atoms with Gasteiger partial charge in [-0.05, 0) is 29.9 Å². The van der Waals surface area contributed by atoms with Crippen LogP contribution in [-0.4, -0.2) is 33.2 Å². The van der Waals surface area contributed by atoms with Gasteiger partial charge in [0.2, 0.25) is 0 Å². The second-order valence-corrected chi connectivity index (χ2v) is 7.52. The van der Waals surface area contributed by atoms with Gasteiger partial charge >= 0.3 is 0 Å². The number of thioether (sulfide) groups is 1. The first-order valence-corrected chi connectivity index (χ1v) is 8.79. The zero-order chi connectivity index (χ0) is 13.5. The zero-order valence-corrected chi connectivity index (χ0v) is 13.2. The van der Waals surface area contributed by atoms with Crippen molar-refractivity contribution in [2.24, 2.45) is 5.92 Å². The summed E-state index contributed by atoms with van der Waals surface area (Å²) < 4.78 is 12.0. The zero-order valence-electron chi connectivity index (χ0n) is 10.1. The summed E-state index contributed by atoms with van der Waals surface area (Å²) in [5.41, 5.74) is 0. The van der Waals surface area contributed by atoms with Crippen LogP contribution in [0.3, 0.4) is 0 Å². The molecule has 2 atom stereocenters. The van der Waals surface area contributed by atoms with Crippen molar-refractivity contribution in [1.29, 1.82) is 0 Å². The Hall–Kier alpha value is 0.260. The Labute approximate surface area is 125 Å². The average molecular weight is 327 g/mol. The molecule has 2 nitrogen and oxygen atoms in total. The molecule has 0 radical (unpaired) electrons. The molecule has 0 spiro atoms. The van der Waals surface area contributed by atoms with Gasteiger partial charge in [-0.2, -0.15) is 11.8 Å². The smallest absolute Gasteiger partial charge is 0.0589 e. The van der Waals surface area contributed by atoms with Gasteiger partial charge in [-0.1, -0.05) is 30.1 Å². The van der Waals surface area contributed by atoms with Crippen LogP contribution < -0.4 is 0 Å². The molecule has 18 heavy (non-hydrogen) atoms. The number of aliphatic hydroxyl groups excluding tert-OH is 1. The molecule has 2 unspecified atom stereocenters. The fourth-order valence-electron chi connectivity index (χ4n) is 1.23. The lowest BCUT2D eigenvalue weighted by atomic mass is 10.2. The summed E-state index contributed by atoms with van der Waals surface area (Å²) in [6.07, 6.45) is 0. The Kier molecular flexibility index (Phi) is 7.64. The summed E-state index contributed by atoms with van der Waals surface area (Å²) >= 11 is 13.5. The first-order valence-electron chi connectivity index (χ1n) is 5.56. The van der Waals surface area contributed by atoms with E-state index in [0.29, 0.717) is 20.7 Å². The van der Waals surface area contributed by atoms with Gasteiger partial charge in [0.15, 0.2) is 0 Å². The molecule has 0 fully saturated rings. The molecule has 0 saturated heterocycles. The molecule has 0 aliphatic rings. The van der Waals surface area contributed by atoms with Crippen molar-refractivity contribution in [3.63, 3.8) is 0 Å². The summed E-state index contributed by atoms with van der Waals surface area (Å²) in [5, 5.41) is 9.92. The van der Waals surface area contributed by atoms with E-state index < -0.39 is 10.8 Å². The number of hydrogen-bond donors (Lipinski definition) is 1. The van der Waals surface area contributed by atoms with Crippen molar-refractivity contribution >= 4 is 45.8 Å². The molecule has 0 amide bonds. The summed E-state index contributed by atoms with van der Waals surface area (Å²) in [6.45, 7) is 2.17. The Balaban J connectivity index is 2.43. The van der Waals surface area contributed by atoms with E-state index in [9.17, 15) is 4.21 Å². The molecular formula is C12H16Cl2O2S2. The van der Waals surface area contributed by atoms with E-state index in [0.717, 1.165) is 11.5 Å². The number of aliphatic hydroxyl groups is 1. The molecule has 0 aromatic heterocycles. The third kappa shape index (κ3) is 5.49. The van der Waals surface area contributed by atoms with Crippen LogP contribution in [0, 0.1) is 5.92 Å². The first kappa shape index (κ1) is 16.3. The van der Waals surface area contributed by atoms with E-state index in [1.807, 2.05) is 6.92 Å². The van der Waals surface area contributed by atoms with E-state index in [1.165, 1.54) is 0 Å². The summed E-state index contributed by atoms with van der Waals surface area (Å²) in [4.78, 5) is 0.597. The minimum Gasteiger partial charge on any atom is -0.396 e. The van der Waals surface area contributed by atoms with Crippen molar-refractivity contribution in [2.75, 3.05) is 23.9 Å². The van der Waals surface area contributed by atoms with Gasteiger partial charge in [0.1, 0.15) is 0 Å². The van der Waals surface area contributed by atoms with E-state index in [1.54, 1.807) is 30.0 Å². The van der Waals surface area contributed by atoms with Crippen molar-refractivity contribution < 1.29 is 9.32 Å². The Morgan fingerprint density at radius 1 is 1.44 bits per heavy atom. The second kappa shape index (κ2) is 8.43. The SMILES string of the molecule is CC(CO)CSCCS(=O)c1cc(Cl)ccc1Cl. The largest absolute Gasteiger partial charge is 0.396 e. The van der Waals surface area contributed by atoms with Gasteiger partial charge in [-0.25, -0.2) is 0 Å². The lowest BCUT2D eigenvalue weighted by molar-refractivity contribution is 0.250. The molecule has 0 saturated carbocycles. The lowest BCUT2D eigenvalue weighted by Gasteiger charge is -2.08. The highest BCUT2D eigenvalue weighted by molar-refractivity contribution is 8.00. The molecule has 0 heterocycles. The van der Waals surface area contributed by atoms with Crippen LogP contribution in [0.15, 0.2) is 23.1 Å². The summed E-state index contributed by atoms with van der Waals surface area (Å²) in [6, 6.07) is 5.00. The van der Waals surface area contributed by atoms with Crippen molar-refractivity contribution in [1.82, 2.24) is 0 Å². The molecule has 1 N–H and O–H groups in total. The Morgan fingerprint density at radius 2 is 2.17 bits per heavy atom. The lowest BCUT2D eigenvalue weighted by Crippen LogP contribution is -2.07. The molecule has 0 aliphatic carbocycles. The molecule has 0 aliphatic heterocycles. The van der Waals surface area contributed by atoms with Gasteiger partial charge in [-0.15, -0.1) is 0 Å². The van der Waals surface area contributed by atoms with Gasteiger partial charge in [0, 0.05) is 23.1 Å². The fourth-order valence-corrected chi connectivity index (χ4v) is 4.36. The topological polar surface area (TPSA) is 37.3 Å². The molecule has 102 valence electrons. The van der Waals surface area contributed by atoms with Gasteiger partial charge in [-0.3, -0.25) is 4.21 Å². The second-order valence-electron chi connectivity index (χ2n) is 3.99. The average Bonchev–Trinajstić information content (AvgIpc) is 2.36. The number of halogens is 2. The summed E-state index contributed by atoms with van der Waals surface area (Å²) in [5.74, 6) is 2.47. The van der Waals surface area contributed by atoms with Gasteiger partial charge in [0.25, 0.3) is 0 Å². The van der Waals surface area contributed by atoms with Crippen LogP contribution in [0.5, 0.6) is 0 Å². The van der Waals surface area contributed by atoms with Gasteiger partial charge < -0.3 is 5.11 Å². The number of benzene rings is 1. The Morgan fingerprint density at radius 3 is 2.83 bits per heavy atom. The highest BCUT2D eigenvalue weighted by atomic mass is 35.5. The Bertz CT molecular complexity index is 413. The molecule has 1 rings (SSSR count). The standard InChI is InChI=1S/C12H16Cl2O2S2/c1-9(7-15)8-17-4-5-18(16)12-6-10(13)2-3-11(12)14/h2-3,6,9,15H,4-5,7-8H2,1H3. The third-order valence-electron chi connectivity index (χ3n) is 2.27. The van der Waals surface area contributed by atoms with Crippen LogP contribution in [0.2, 0.25) is 10.0 Å². The molecule has 1 aromatic carbocycles. The monoisotopic (exact) mass is 326 g/mol. The number of rotatable bonds is 7. The highest BCUT2D eigenvalue weighted by Crippen LogP contribution is 2.24. The van der Waals surface area contributed by atoms with E-state index >= 15 is 0 Å². The minimum atomic E-state index is -1.12. The first-order chi connectivity index (χ1) is 8.54. The maximum absolute atomic E-state index is 12.0. The van der Waals surface area contributed by atoms with E-state index in [2.05, 4.69) is 0 Å². The molecule has 1 aromatic rings.